The van der Waals surface area contributed by atoms with Gasteiger partial charge in [0.2, 0.25) is 0 Å². The molecule has 0 amide bonds. The van der Waals surface area contributed by atoms with Crippen molar-refractivity contribution in [3.8, 4) is 0 Å². The first-order valence-electron chi connectivity index (χ1n) is 6.69. The highest BCUT2D eigenvalue weighted by molar-refractivity contribution is 9.10. The van der Waals surface area contributed by atoms with E-state index in [1.165, 1.54) is 16.5 Å². The van der Waals surface area contributed by atoms with E-state index in [0.29, 0.717) is 0 Å². The van der Waals surface area contributed by atoms with Crippen LogP contribution < -0.4 is 0 Å². The smallest absolute Gasteiger partial charge is 0.0515 e. The van der Waals surface area contributed by atoms with Crippen LogP contribution in [0.25, 0.3) is 10.9 Å². The van der Waals surface area contributed by atoms with Crippen LogP contribution in [0.4, 0.5) is 0 Å². The predicted molar refractivity (Wildman–Crippen MR) is 89.6 cm³/mol. The topological polar surface area (TPSA) is 4.93 Å². The van der Waals surface area contributed by atoms with E-state index in [-0.39, 0.29) is 0 Å². The summed E-state index contributed by atoms with van der Waals surface area (Å²) in [6.45, 7) is 2.99. The standard InChI is InChI=1S/C17H15BrClN/c1-2-12-4-3-5-13-8-9-20(17(12)13)11-14-6-7-15(18)10-16(14)19/h3-10H,2,11H2,1H3. The summed E-state index contributed by atoms with van der Waals surface area (Å²) in [6.07, 6.45) is 3.18. The summed E-state index contributed by atoms with van der Waals surface area (Å²) in [5.74, 6) is 0. The Balaban J connectivity index is 2.06. The van der Waals surface area contributed by atoms with Gasteiger partial charge in [-0.15, -0.1) is 0 Å². The van der Waals surface area contributed by atoms with E-state index >= 15 is 0 Å². The maximum atomic E-state index is 6.33. The molecule has 0 unspecified atom stereocenters. The molecule has 0 aliphatic heterocycles. The molecule has 0 spiro atoms. The van der Waals surface area contributed by atoms with E-state index in [0.717, 1.165) is 28.0 Å². The van der Waals surface area contributed by atoms with Crippen molar-refractivity contribution < 1.29 is 0 Å². The number of fused-ring (bicyclic) bond motifs is 1. The van der Waals surface area contributed by atoms with E-state index in [4.69, 9.17) is 11.6 Å². The predicted octanol–water partition coefficient (Wildman–Crippen LogP) is 5.67. The molecule has 1 nitrogen and oxygen atoms in total. The van der Waals surface area contributed by atoms with E-state index < -0.39 is 0 Å². The molecule has 1 heterocycles. The van der Waals surface area contributed by atoms with Crippen molar-refractivity contribution in [3.63, 3.8) is 0 Å². The maximum Gasteiger partial charge on any atom is 0.0515 e. The first-order chi connectivity index (χ1) is 9.69. The Bertz CT molecular complexity index is 761. The second-order valence-corrected chi connectivity index (χ2v) is 6.21. The third-order valence-corrected chi connectivity index (χ3v) is 4.45. The molecule has 2 aromatic carbocycles. The van der Waals surface area contributed by atoms with Crippen LogP contribution in [0, 0.1) is 0 Å². The number of rotatable bonds is 3. The lowest BCUT2D eigenvalue weighted by molar-refractivity contribution is 0.831. The van der Waals surface area contributed by atoms with Crippen LogP contribution in [0.5, 0.6) is 0 Å². The lowest BCUT2D eigenvalue weighted by atomic mass is 10.1. The summed E-state index contributed by atoms with van der Waals surface area (Å²) >= 11 is 9.77. The van der Waals surface area contributed by atoms with Gasteiger partial charge in [-0.05, 0) is 41.1 Å². The Kier molecular flexibility index (Phi) is 3.86. The molecule has 3 aromatic rings. The zero-order chi connectivity index (χ0) is 14.1. The molecular weight excluding hydrogens is 334 g/mol. The van der Waals surface area contributed by atoms with Gasteiger partial charge in [0.15, 0.2) is 0 Å². The Labute approximate surface area is 132 Å². The molecule has 0 aliphatic rings. The van der Waals surface area contributed by atoms with E-state index in [1.54, 1.807) is 0 Å². The van der Waals surface area contributed by atoms with Crippen molar-refractivity contribution in [1.29, 1.82) is 0 Å². The summed E-state index contributed by atoms with van der Waals surface area (Å²) in [5.41, 5.74) is 3.83. The fourth-order valence-corrected chi connectivity index (χ4v) is 3.32. The third kappa shape index (κ3) is 2.50. The highest BCUT2D eigenvalue weighted by Gasteiger charge is 2.08. The first kappa shape index (κ1) is 13.7. The molecule has 0 aliphatic carbocycles. The Morgan fingerprint density at radius 3 is 2.70 bits per heavy atom. The van der Waals surface area contributed by atoms with Crippen LogP contribution in [0.3, 0.4) is 0 Å². The van der Waals surface area contributed by atoms with Gasteiger partial charge in [-0.3, -0.25) is 0 Å². The van der Waals surface area contributed by atoms with Crippen molar-refractivity contribution in [3.05, 3.63) is 69.3 Å². The van der Waals surface area contributed by atoms with Crippen molar-refractivity contribution >= 4 is 38.4 Å². The number of aryl methyl sites for hydroxylation is 1. The highest BCUT2D eigenvalue weighted by Crippen LogP contribution is 2.26. The largest absolute Gasteiger partial charge is 0.343 e. The van der Waals surface area contributed by atoms with Gasteiger partial charge in [-0.1, -0.05) is 58.7 Å². The van der Waals surface area contributed by atoms with Gasteiger partial charge in [0.25, 0.3) is 0 Å². The number of para-hydroxylation sites is 1. The fraction of sp³-hybridized carbons (Fsp3) is 0.176. The van der Waals surface area contributed by atoms with Crippen molar-refractivity contribution in [2.24, 2.45) is 0 Å². The van der Waals surface area contributed by atoms with Gasteiger partial charge >= 0.3 is 0 Å². The van der Waals surface area contributed by atoms with Crippen molar-refractivity contribution in [1.82, 2.24) is 4.57 Å². The quantitative estimate of drug-likeness (QED) is 0.575. The van der Waals surface area contributed by atoms with Crippen LogP contribution in [-0.2, 0) is 13.0 Å². The second-order valence-electron chi connectivity index (χ2n) is 4.89. The lowest BCUT2D eigenvalue weighted by Gasteiger charge is -2.10. The number of halogens is 2. The Morgan fingerprint density at radius 2 is 1.95 bits per heavy atom. The summed E-state index contributed by atoms with van der Waals surface area (Å²) in [5, 5.41) is 2.09. The minimum absolute atomic E-state index is 0.798. The number of nitrogens with zero attached hydrogens (tertiary/aromatic N) is 1. The van der Waals surface area contributed by atoms with Gasteiger partial charge in [-0.25, -0.2) is 0 Å². The fourth-order valence-electron chi connectivity index (χ4n) is 2.59. The number of aromatic nitrogens is 1. The second kappa shape index (κ2) is 5.63. The molecule has 1 aromatic heterocycles. The molecule has 0 saturated heterocycles. The Morgan fingerprint density at radius 1 is 1.10 bits per heavy atom. The van der Waals surface area contributed by atoms with Gasteiger partial charge < -0.3 is 4.57 Å². The molecular formula is C17H15BrClN. The van der Waals surface area contributed by atoms with E-state index in [9.17, 15) is 0 Å². The van der Waals surface area contributed by atoms with Crippen LogP contribution in [0.2, 0.25) is 5.02 Å². The zero-order valence-corrected chi connectivity index (χ0v) is 13.6. The molecule has 3 rings (SSSR count). The average molecular weight is 349 g/mol. The highest BCUT2D eigenvalue weighted by atomic mass is 79.9. The minimum atomic E-state index is 0.798. The average Bonchev–Trinajstić information content (AvgIpc) is 2.85. The maximum absolute atomic E-state index is 6.33. The molecule has 0 saturated carbocycles. The first-order valence-corrected chi connectivity index (χ1v) is 7.87. The van der Waals surface area contributed by atoms with Crippen LogP contribution >= 0.6 is 27.5 Å². The molecule has 0 N–H and O–H groups in total. The molecule has 0 atom stereocenters. The summed E-state index contributed by atoms with van der Waals surface area (Å²) in [4.78, 5) is 0. The van der Waals surface area contributed by atoms with Gasteiger partial charge in [-0.2, -0.15) is 0 Å². The molecule has 0 bridgehead atoms. The van der Waals surface area contributed by atoms with Gasteiger partial charge in [0.05, 0.1) is 5.52 Å². The van der Waals surface area contributed by atoms with E-state index in [1.807, 2.05) is 12.1 Å². The van der Waals surface area contributed by atoms with Gasteiger partial charge in [0, 0.05) is 22.2 Å². The summed E-state index contributed by atoms with van der Waals surface area (Å²) in [6, 6.07) is 14.7. The molecule has 3 heteroatoms. The Hall–Kier alpha value is -1.25. The van der Waals surface area contributed by atoms with Crippen molar-refractivity contribution in [2.75, 3.05) is 0 Å². The molecule has 0 fully saturated rings. The molecule has 20 heavy (non-hydrogen) atoms. The summed E-state index contributed by atoms with van der Waals surface area (Å²) in [7, 11) is 0. The monoisotopic (exact) mass is 347 g/mol. The van der Waals surface area contributed by atoms with Crippen LogP contribution in [-0.4, -0.2) is 4.57 Å². The van der Waals surface area contributed by atoms with Gasteiger partial charge in [0.1, 0.15) is 0 Å². The number of hydrogen-bond donors (Lipinski definition) is 0. The van der Waals surface area contributed by atoms with E-state index in [2.05, 4.69) is 63.9 Å². The SMILES string of the molecule is CCc1cccc2ccn(Cc3ccc(Br)cc3Cl)c12. The van der Waals surface area contributed by atoms with Crippen LogP contribution in [0.15, 0.2) is 53.1 Å². The lowest BCUT2D eigenvalue weighted by Crippen LogP contribution is -2.00. The zero-order valence-electron chi connectivity index (χ0n) is 11.2. The summed E-state index contributed by atoms with van der Waals surface area (Å²) < 4.78 is 3.29. The number of hydrogen-bond acceptors (Lipinski definition) is 0. The number of benzene rings is 2. The molecule has 0 radical (unpaired) electrons. The third-order valence-electron chi connectivity index (χ3n) is 3.61. The normalized spacial score (nSPS) is 11.2. The molecule has 102 valence electrons. The van der Waals surface area contributed by atoms with Crippen molar-refractivity contribution in [2.45, 2.75) is 19.9 Å². The minimum Gasteiger partial charge on any atom is -0.343 e. The van der Waals surface area contributed by atoms with Crippen LogP contribution in [0.1, 0.15) is 18.1 Å².